The first kappa shape index (κ1) is 17.4. The molecule has 0 spiro atoms. The lowest BCUT2D eigenvalue weighted by Gasteiger charge is -2.37. The maximum Gasteiger partial charge on any atom is 0.241 e. The lowest BCUT2D eigenvalue weighted by molar-refractivity contribution is 0.00638. The normalized spacial score (nSPS) is 13.6. The quantitative estimate of drug-likeness (QED) is 0.713. The fourth-order valence-corrected chi connectivity index (χ4v) is 3.93. The van der Waals surface area contributed by atoms with E-state index in [9.17, 15) is 13.5 Å². The third-order valence-corrected chi connectivity index (χ3v) is 5.81. The van der Waals surface area contributed by atoms with Crippen molar-refractivity contribution in [2.24, 2.45) is 0 Å². The van der Waals surface area contributed by atoms with Crippen molar-refractivity contribution in [2.45, 2.75) is 50.7 Å². The molecular weight excluding hydrogens is 344 g/mol. The van der Waals surface area contributed by atoms with E-state index in [1.54, 1.807) is 40.7 Å². The zero-order chi connectivity index (χ0) is 15.9. The number of nitrogen functional groups attached to an aromatic ring is 1. The molecule has 0 aliphatic rings. The Kier molecular flexibility index (Phi) is 4.61. The number of nitrogens with one attached hydrogen (secondary N) is 1. The van der Waals surface area contributed by atoms with Gasteiger partial charge in [-0.1, -0.05) is 15.9 Å². The van der Waals surface area contributed by atoms with Crippen LogP contribution in [0.1, 0.15) is 33.3 Å². The van der Waals surface area contributed by atoms with E-state index in [-0.39, 0.29) is 4.90 Å². The molecule has 0 amide bonds. The van der Waals surface area contributed by atoms with Gasteiger partial charge in [-0.2, -0.15) is 0 Å². The third kappa shape index (κ3) is 3.52. The summed E-state index contributed by atoms with van der Waals surface area (Å²) in [6.07, 6.45) is 0. The lowest BCUT2D eigenvalue weighted by atomic mass is 9.87. The van der Waals surface area contributed by atoms with Crippen molar-refractivity contribution in [3.63, 3.8) is 0 Å². The zero-order valence-corrected chi connectivity index (χ0v) is 14.7. The molecule has 1 rings (SSSR count). The number of sulfonamides is 1. The number of hydrogen-bond acceptors (Lipinski definition) is 4. The molecule has 4 N–H and O–H groups in total. The molecule has 0 unspecified atom stereocenters. The van der Waals surface area contributed by atoms with Crippen molar-refractivity contribution in [1.29, 1.82) is 0 Å². The van der Waals surface area contributed by atoms with Gasteiger partial charge in [0.15, 0.2) is 0 Å². The Morgan fingerprint density at radius 2 is 1.75 bits per heavy atom. The molecule has 0 aliphatic heterocycles. The second-order valence-electron chi connectivity index (χ2n) is 5.91. The summed E-state index contributed by atoms with van der Waals surface area (Å²) in [6, 6.07) is 3.14. The monoisotopic (exact) mass is 364 g/mol. The van der Waals surface area contributed by atoms with Crippen LogP contribution in [-0.4, -0.2) is 24.7 Å². The third-order valence-electron chi connectivity index (χ3n) is 3.57. The minimum absolute atomic E-state index is 0.0988. The van der Waals surface area contributed by atoms with Crippen LogP contribution in [0.4, 0.5) is 5.69 Å². The highest BCUT2D eigenvalue weighted by Crippen LogP contribution is 2.29. The summed E-state index contributed by atoms with van der Waals surface area (Å²) in [4.78, 5) is 0.0988. The van der Waals surface area contributed by atoms with Gasteiger partial charge >= 0.3 is 0 Å². The predicted octanol–water partition coefficient (Wildman–Crippen LogP) is 2.17. The van der Waals surface area contributed by atoms with Gasteiger partial charge in [0.2, 0.25) is 10.0 Å². The predicted molar refractivity (Wildman–Crippen MR) is 84.0 cm³/mol. The van der Waals surface area contributed by atoms with Crippen LogP contribution < -0.4 is 10.5 Å². The van der Waals surface area contributed by atoms with E-state index >= 15 is 0 Å². The largest absolute Gasteiger partial charge is 0.398 e. The first-order valence-electron chi connectivity index (χ1n) is 6.10. The minimum Gasteiger partial charge on any atom is -0.398 e. The molecule has 0 heterocycles. The minimum atomic E-state index is -3.80. The molecule has 1 aromatic rings. The molecule has 0 aromatic heterocycles. The Morgan fingerprint density at radius 3 is 2.20 bits per heavy atom. The highest BCUT2D eigenvalue weighted by molar-refractivity contribution is 9.10. The van der Waals surface area contributed by atoms with Gasteiger partial charge in [-0.15, -0.1) is 0 Å². The SMILES string of the molecule is Cc1c(N)cc(Br)cc1S(=O)(=O)NC(C)(C)C(C)(C)O. The average molecular weight is 365 g/mol. The van der Waals surface area contributed by atoms with E-state index in [4.69, 9.17) is 5.73 Å². The highest BCUT2D eigenvalue weighted by Gasteiger charge is 2.39. The Labute approximate surface area is 128 Å². The van der Waals surface area contributed by atoms with Crippen LogP contribution in [0.5, 0.6) is 0 Å². The van der Waals surface area contributed by atoms with E-state index in [0.717, 1.165) is 0 Å². The van der Waals surface area contributed by atoms with E-state index in [1.165, 1.54) is 6.07 Å². The highest BCUT2D eigenvalue weighted by atomic mass is 79.9. The molecule has 0 aliphatic carbocycles. The van der Waals surface area contributed by atoms with Crippen molar-refractivity contribution < 1.29 is 13.5 Å². The summed E-state index contributed by atoms with van der Waals surface area (Å²) in [5, 5.41) is 10.1. The van der Waals surface area contributed by atoms with Crippen molar-refractivity contribution in [1.82, 2.24) is 4.72 Å². The molecule has 5 nitrogen and oxygen atoms in total. The number of halogens is 1. The smallest absolute Gasteiger partial charge is 0.241 e. The Morgan fingerprint density at radius 1 is 1.25 bits per heavy atom. The van der Waals surface area contributed by atoms with Gasteiger partial charge in [0.25, 0.3) is 0 Å². The van der Waals surface area contributed by atoms with Crippen LogP contribution in [0.25, 0.3) is 0 Å². The van der Waals surface area contributed by atoms with Gasteiger partial charge in [-0.3, -0.25) is 0 Å². The van der Waals surface area contributed by atoms with Gasteiger partial charge in [0.1, 0.15) is 0 Å². The molecule has 114 valence electrons. The van der Waals surface area contributed by atoms with Crippen LogP contribution in [0.3, 0.4) is 0 Å². The second-order valence-corrected chi connectivity index (χ2v) is 8.47. The molecular formula is C13H21BrN2O3S. The maximum atomic E-state index is 12.5. The zero-order valence-electron chi connectivity index (χ0n) is 12.3. The standard InChI is InChI=1S/C13H21BrN2O3S/c1-8-10(15)6-9(14)7-11(8)20(18,19)16-12(2,3)13(4,5)17/h6-7,16-17H,15H2,1-5H3. The van der Waals surface area contributed by atoms with Crippen molar-refractivity contribution >= 4 is 31.6 Å². The van der Waals surface area contributed by atoms with E-state index < -0.39 is 21.2 Å². The van der Waals surface area contributed by atoms with Crippen LogP contribution in [0.15, 0.2) is 21.5 Å². The number of hydrogen-bond donors (Lipinski definition) is 3. The Hall–Kier alpha value is -0.630. The fourth-order valence-electron chi connectivity index (χ4n) is 1.47. The number of benzene rings is 1. The van der Waals surface area contributed by atoms with Crippen molar-refractivity contribution in [3.8, 4) is 0 Å². The summed E-state index contributed by atoms with van der Waals surface area (Å²) < 4.78 is 28.2. The van der Waals surface area contributed by atoms with Crippen LogP contribution in [-0.2, 0) is 10.0 Å². The molecule has 0 fully saturated rings. The number of anilines is 1. The van der Waals surface area contributed by atoms with Gasteiger partial charge in [-0.25, -0.2) is 13.1 Å². The lowest BCUT2D eigenvalue weighted by Crippen LogP contribution is -2.57. The number of rotatable bonds is 4. The van der Waals surface area contributed by atoms with E-state index in [1.807, 2.05) is 0 Å². The molecule has 7 heteroatoms. The van der Waals surface area contributed by atoms with Gasteiger partial charge in [0.05, 0.1) is 16.0 Å². The number of nitrogens with two attached hydrogens (primary N) is 1. The topological polar surface area (TPSA) is 92.4 Å². The maximum absolute atomic E-state index is 12.5. The summed E-state index contributed by atoms with van der Waals surface area (Å²) in [5.74, 6) is 0. The molecule has 1 aromatic carbocycles. The van der Waals surface area contributed by atoms with Crippen LogP contribution >= 0.6 is 15.9 Å². The van der Waals surface area contributed by atoms with E-state index in [0.29, 0.717) is 15.7 Å². The molecule has 0 radical (unpaired) electrons. The second kappa shape index (κ2) is 5.29. The summed E-state index contributed by atoms with van der Waals surface area (Å²) in [6.45, 7) is 8.01. The Bertz CT molecular complexity index is 619. The van der Waals surface area contributed by atoms with Gasteiger partial charge in [-0.05, 0) is 52.3 Å². The number of aliphatic hydroxyl groups is 1. The van der Waals surface area contributed by atoms with Crippen molar-refractivity contribution in [3.05, 3.63) is 22.2 Å². The van der Waals surface area contributed by atoms with Crippen LogP contribution in [0.2, 0.25) is 0 Å². The molecule has 0 saturated carbocycles. The fraction of sp³-hybridized carbons (Fsp3) is 0.538. The summed E-state index contributed by atoms with van der Waals surface area (Å²) in [7, 11) is -3.80. The summed E-state index contributed by atoms with van der Waals surface area (Å²) >= 11 is 3.24. The molecule has 0 atom stereocenters. The van der Waals surface area contributed by atoms with Gasteiger partial charge in [0, 0.05) is 10.2 Å². The first-order chi connectivity index (χ1) is 8.78. The average Bonchev–Trinajstić information content (AvgIpc) is 2.19. The molecule has 0 saturated heterocycles. The van der Waals surface area contributed by atoms with E-state index in [2.05, 4.69) is 20.7 Å². The summed E-state index contributed by atoms with van der Waals surface area (Å²) in [5.41, 5.74) is 4.42. The Balaban J connectivity index is 3.33. The molecule has 20 heavy (non-hydrogen) atoms. The van der Waals surface area contributed by atoms with Gasteiger partial charge < -0.3 is 10.8 Å². The van der Waals surface area contributed by atoms with Crippen LogP contribution in [0, 0.1) is 6.92 Å². The van der Waals surface area contributed by atoms with Crippen molar-refractivity contribution in [2.75, 3.05) is 5.73 Å². The first-order valence-corrected chi connectivity index (χ1v) is 8.37. The molecule has 0 bridgehead atoms.